The second-order valence-electron chi connectivity index (χ2n) is 6.99. The van der Waals surface area contributed by atoms with Crippen LogP contribution in [0.5, 0.6) is 0 Å². The van der Waals surface area contributed by atoms with Gasteiger partial charge in [-0.25, -0.2) is 9.78 Å². The van der Waals surface area contributed by atoms with Gasteiger partial charge in [-0.2, -0.15) is 0 Å². The Hall–Kier alpha value is -3.13. The van der Waals surface area contributed by atoms with Crippen LogP contribution in [0.3, 0.4) is 0 Å². The molecule has 10 heteroatoms. The van der Waals surface area contributed by atoms with Gasteiger partial charge in [0.2, 0.25) is 0 Å². The Balaban J connectivity index is 1.73. The quantitative estimate of drug-likeness (QED) is 0.516. The molecule has 4 rings (SSSR count). The smallest absolute Gasteiger partial charge is 0.349 e. The summed E-state index contributed by atoms with van der Waals surface area (Å²) in [5, 5.41) is 10.9. The summed E-state index contributed by atoms with van der Waals surface area (Å²) in [6, 6.07) is 11.9. The monoisotopic (exact) mass is 489 g/mol. The summed E-state index contributed by atoms with van der Waals surface area (Å²) >= 11 is 17.3. The molecule has 0 atom stereocenters. The van der Waals surface area contributed by atoms with Crippen LogP contribution in [0.2, 0.25) is 5.02 Å². The van der Waals surface area contributed by atoms with E-state index >= 15 is 0 Å². The second kappa shape index (κ2) is 8.78. The van der Waals surface area contributed by atoms with Crippen molar-refractivity contribution in [3.8, 4) is 0 Å². The maximum absolute atomic E-state index is 13.0. The lowest BCUT2D eigenvalue weighted by molar-refractivity contribution is -0.132. The van der Waals surface area contributed by atoms with Crippen molar-refractivity contribution in [1.29, 1.82) is 0 Å². The van der Waals surface area contributed by atoms with Gasteiger partial charge in [-0.3, -0.25) is 14.2 Å². The number of hydrogen-bond acceptors (Lipinski definition) is 4. The first-order valence-electron chi connectivity index (χ1n) is 9.35. The molecular weight excluding hydrogens is 477 g/mol. The molecule has 0 spiro atoms. The van der Waals surface area contributed by atoms with Crippen molar-refractivity contribution in [2.45, 2.75) is 13.0 Å². The number of nitrogens with zero attached hydrogens (tertiary/aromatic N) is 2. The van der Waals surface area contributed by atoms with Gasteiger partial charge in [0.1, 0.15) is 15.9 Å². The average molecular weight is 491 g/mol. The number of carboxylic acid groups (broad SMARTS) is 1. The lowest BCUT2D eigenvalue weighted by Crippen LogP contribution is -2.21. The zero-order valence-electron chi connectivity index (χ0n) is 16.2. The van der Waals surface area contributed by atoms with Crippen LogP contribution < -0.4 is 10.9 Å². The zero-order valence-corrected chi connectivity index (χ0v) is 18.5. The Morgan fingerprint density at radius 3 is 2.62 bits per heavy atom. The van der Waals surface area contributed by atoms with Gasteiger partial charge >= 0.3 is 5.97 Å². The Labute approximate surface area is 196 Å². The molecule has 0 saturated carbocycles. The van der Waals surface area contributed by atoms with Gasteiger partial charge < -0.3 is 10.4 Å². The summed E-state index contributed by atoms with van der Waals surface area (Å²) < 4.78 is 1.61. The number of benzene rings is 2. The molecule has 2 heterocycles. The number of rotatable bonds is 4. The predicted molar refractivity (Wildman–Crippen MR) is 125 cm³/mol. The summed E-state index contributed by atoms with van der Waals surface area (Å²) in [6.45, 7) is 0.510. The van der Waals surface area contributed by atoms with E-state index in [1.54, 1.807) is 16.7 Å². The van der Waals surface area contributed by atoms with E-state index in [2.05, 4.69) is 10.3 Å². The van der Waals surface area contributed by atoms with E-state index in [0.717, 1.165) is 11.1 Å². The number of anilines is 1. The molecule has 162 valence electrons. The molecule has 1 aromatic heterocycles. The number of allylic oxidation sites excluding steroid dienone is 1. The van der Waals surface area contributed by atoms with Crippen molar-refractivity contribution < 1.29 is 14.7 Å². The van der Waals surface area contributed by atoms with Crippen LogP contribution in [0.1, 0.15) is 17.8 Å². The second-order valence-corrected chi connectivity index (χ2v) is 8.18. The van der Waals surface area contributed by atoms with E-state index in [-0.39, 0.29) is 11.2 Å². The molecular formula is C22H14Cl3N3O4. The largest absolute Gasteiger partial charge is 0.477 e. The molecule has 0 bridgehead atoms. The van der Waals surface area contributed by atoms with Gasteiger partial charge in [-0.15, -0.1) is 0 Å². The van der Waals surface area contributed by atoms with Crippen LogP contribution in [-0.4, -0.2) is 26.5 Å². The number of aliphatic carboxylic acids is 1. The molecule has 0 saturated heterocycles. The topological polar surface area (TPSA) is 101 Å². The lowest BCUT2D eigenvalue weighted by Gasteiger charge is -2.09. The fraction of sp³-hybridized carbons (Fsp3) is 0.0909. The highest BCUT2D eigenvalue weighted by molar-refractivity contribution is 6.54. The fourth-order valence-corrected chi connectivity index (χ4v) is 3.82. The first kappa shape index (κ1) is 22.1. The maximum Gasteiger partial charge on any atom is 0.349 e. The van der Waals surface area contributed by atoms with Crippen LogP contribution in [-0.2, 0) is 16.1 Å². The van der Waals surface area contributed by atoms with E-state index in [4.69, 9.17) is 39.9 Å². The Morgan fingerprint density at radius 1 is 1.12 bits per heavy atom. The van der Waals surface area contributed by atoms with Crippen molar-refractivity contribution in [1.82, 2.24) is 9.55 Å². The number of fused-ring (bicyclic) bond motifs is 2. The third kappa shape index (κ3) is 4.27. The van der Waals surface area contributed by atoms with Crippen molar-refractivity contribution in [2.75, 3.05) is 5.32 Å². The minimum absolute atomic E-state index is 0.191. The Bertz CT molecular complexity index is 1410. The number of nitrogens with one attached hydrogen (secondary N) is 1. The molecule has 0 unspecified atom stereocenters. The van der Waals surface area contributed by atoms with Crippen LogP contribution in [0, 0.1) is 0 Å². The van der Waals surface area contributed by atoms with Gasteiger partial charge in [-0.1, -0.05) is 46.9 Å². The number of carbonyl (C=O) groups is 2. The molecule has 1 aliphatic rings. The number of aromatic nitrogens is 2. The highest BCUT2D eigenvalue weighted by Crippen LogP contribution is 2.29. The summed E-state index contributed by atoms with van der Waals surface area (Å²) in [5.41, 5.74) is 2.25. The van der Waals surface area contributed by atoms with E-state index < -0.39 is 21.9 Å². The van der Waals surface area contributed by atoms with Gasteiger partial charge in [-0.05, 0) is 54.0 Å². The first-order valence-corrected chi connectivity index (χ1v) is 10.5. The predicted octanol–water partition coefficient (Wildman–Crippen LogP) is 4.71. The van der Waals surface area contributed by atoms with Gasteiger partial charge in [0, 0.05) is 17.3 Å². The van der Waals surface area contributed by atoms with Gasteiger partial charge in [0.25, 0.3) is 11.5 Å². The molecule has 2 aromatic carbocycles. The minimum atomic E-state index is -1.52. The van der Waals surface area contributed by atoms with Crippen molar-refractivity contribution in [2.24, 2.45) is 0 Å². The maximum atomic E-state index is 13.0. The van der Waals surface area contributed by atoms with Crippen LogP contribution in [0.4, 0.5) is 5.69 Å². The highest BCUT2D eigenvalue weighted by Gasteiger charge is 2.22. The van der Waals surface area contributed by atoms with E-state index in [9.17, 15) is 14.4 Å². The third-order valence-electron chi connectivity index (χ3n) is 4.87. The highest BCUT2D eigenvalue weighted by atomic mass is 35.5. The third-order valence-corrected chi connectivity index (χ3v) is 5.92. The van der Waals surface area contributed by atoms with E-state index in [0.29, 0.717) is 34.7 Å². The SMILES string of the molecule is O=C(O)C(Cl)=C(Cl)C(=O)Nc1ccc2c(=O)n3c(nc2c1)C(=Cc1cccc(Cl)c1)CC3. The molecule has 0 radical (unpaired) electrons. The minimum Gasteiger partial charge on any atom is -0.477 e. The number of halogens is 3. The van der Waals surface area contributed by atoms with Gasteiger partial charge in [0.15, 0.2) is 0 Å². The van der Waals surface area contributed by atoms with E-state index in [1.807, 2.05) is 24.3 Å². The first-order chi connectivity index (χ1) is 15.2. The molecule has 32 heavy (non-hydrogen) atoms. The van der Waals surface area contributed by atoms with Crippen LogP contribution in [0.25, 0.3) is 22.6 Å². The molecule has 1 amide bonds. The summed E-state index contributed by atoms with van der Waals surface area (Å²) in [7, 11) is 0. The fourth-order valence-electron chi connectivity index (χ4n) is 3.41. The van der Waals surface area contributed by atoms with Crippen molar-refractivity contribution in [3.05, 3.63) is 79.3 Å². The molecule has 2 N–H and O–H groups in total. The lowest BCUT2D eigenvalue weighted by atomic mass is 10.1. The number of hydrogen-bond donors (Lipinski definition) is 2. The molecule has 0 aliphatic carbocycles. The number of carboxylic acids is 1. The van der Waals surface area contributed by atoms with E-state index in [1.165, 1.54) is 12.1 Å². The Kier molecular flexibility index (Phi) is 6.06. The van der Waals surface area contributed by atoms with Crippen molar-refractivity contribution >= 4 is 74.9 Å². The van der Waals surface area contributed by atoms with Crippen LogP contribution in [0.15, 0.2) is 57.3 Å². The normalized spacial score (nSPS) is 14.9. The molecule has 7 nitrogen and oxygen atoms in total. The van der Waals surface area contributed by atoms with Crippen molar-refractivity contribution in [3.63, 3.8) is 0 Å². The number of carbonyl (C=O) groups excluding carboxylic acids is 1. The summed E-state index contributed by atoms with van der Waals surface area (Å²) in [6.07, 6.45) is 2.58. The standard InChI is InChI=1S/C22H14Cl3N3O4/c23-13-3-1-2-11(9-13)8-12-6-7-28-19(12)27-16-10-14(4-5-15(16)21(28)30)26-20(29)17(24)18(25)22(31)32/h1-5,8-10H,6-7H2,(H,26,29)(H,31,32). The number of amides is 1. The average Bonchev–Trinajstić information content (AvgIpc) is 3.15. The molecule has 0 fully saturated rings. The molecule has 3 aromatic rings. The molecule has 1 aliphatic heterocycles. The zero-order chi connectivity index (χ0) is 23.0. The summed E-state index contributed by atoms with van der Waals surface area (Å²) in [4.78, 5) is 40.7. The Morgan fingerprint density at radius 2 is 1.91 bits per heavy atom. The van der Waals surface area contributed by atoms with Gasteiger partial charge in [0.05, 0.1) is 10.9 Å². The summed E-state index contributed by atoms with van der Waals surface area (Å²) in [5.74, 6) is -1.87. The van der Waals surface area contributed by atoms with Crippen LogP contribution >= 0.6 is 34.8 Å².